The Bertz CT molecular complexity index is 682. The standard InChI is InChI=1S/C16H20F2N4O/c1-10(13-9-22(2)7-8-23-13)19-15-11-5-3-4-6-12(11)20-16(21-15)14(17)18/h3-6,10,13-14H,7-9H2,1-2H3,(H,19,20,21). The van der Waals surface area contributed by atoms with Crippen molar-refractivity contribution >= 4 is 16.7 Å². The van der Waals surface area contributed by atoms with E-state index in [0.717, 1.165) is 18.5 Å². The van der Waals surface area contributed by atoms with Gasteiger partial charge in [-0.3, -0.25) is 0 Å². The molecule has 1 fully saturated rings. The van der Waals surface area contributed by atoms with Gasteiger partial charge in [0.1, 0.15) is 5.82 Å². The molecule has 1 aliphatic heterocycles. The Morgan fingerprint density at radius 2 is 2.09 bits per heavy atom. The smallest absolute Gasteiger partial charge is 0.297 e. The number of hydrogen-bond donors (Lipinski definition) is 1. The third-order valence-corrected chi connectivity index (χ3v) is 4.03. The zero-order chi connectivity index (χ0) is 16.4. The molecule has 7 heteroatoms. The van der Waals surface area contributed by atoms with Gasteiger partial charge >= 0.3 is 0 Å². The number of nitrogens with one attached hydrogen (secondary N) is 1. The fourth-order valence-electron chi connectivity index (χ4n) is 2.72. The molecule has 1 aliphatic rings. The number of ether oxygens (including phenoxy) is 1. The summed E-state index contributed by atoms with van der Waals surface area (Å²) >= 11 is 0. The molecule has 2 unspecified atom stereocenters. The van der Waals surface area contributed by atoms with Gasteiger partial charge in [0.05, 0.1) is 24.3 Å². The van der Waals surface area contributed by atoms with E-state index >= 15 is 0 Å². The molecular weight excluding hydrogens is 302 g/mol. The Morgan fingerprint density at radius 1 is 1.30 bits per heavy atom. The van der Waals surface area contributed by atoms with Crippen molar-refractivity contribution in [2.75, 3.05) is 32.1 Å². The first-order chi connectivity index (χ1) is 11.0. The summed E-state index contributed by atoms with van der Waals surface area (Å²) in [6, 6.07) is 7.10. The number of benzene rings is 1. The second-order valence-electron chi connectivity index (χ2n) is 5.85. The van der Waals surface area contributed by atoms with Gasteiger partial charge in [0.2, 0.25) is 0 Å². The van der Waals surface area contributed by atoms with Crippen LogP contribution in [0, 0.1) is 0 Å². The molecule has 124 valence electrons. The van der Waals surface area contributed by atoms with Gasteiger partial charge in [-0.1, -0.05) is 12.1 Å². The molecule has 0 aliphatic carbocycles. The summed E-state index contributed by atoms with van der Waals surface area (Å²) in [7, 11) is 2.04. The first-order valence-corrected chi connectivity index (χ1v) is 7.66. The van der Waals surface area contributed by atoms with Crippen LogP contribution in [0.4, 0.5) is 14.6 Å². The number of halogens is 2. The van der Waals surface area contributed by atoms with E-state index < -0.39 is 12.2 Å². The molecule has 1 N–H and O–H groups in total. The number of para-hydroxylation sites is 1. The highest BCUT2D eigenvalue weighted by atomic mass is 19.3. The van der Waals surface area contributed by atoms with Crippen LogP contribution in [0.1, 0.15) is 19.2 Å². The lowest BCUT2D eigenvalue weighted by Gasteiger charge is -2.34. The van der Waals surface area contributed by atoms with Crippen LogP contribution >= 0.6 is 0 Å². The van der Waals surface area contributed by atoms with E-state index in [-0.39, 0.29) is 12.1 Å². The van der Waals surface area contributed by atoms with Gasteiger partial charge in [-0.15, -0.1) is 0 Å². The normalized spacial score (nSPS) is 20.8. The summed E-state index contributed by atoms with van der Waals surface area (Å²) in [4.78, 5) is 10.1. The van der Waals surface area contributed by atoms with Gasteiger partial charge in [-0.25, -0.2) is 18.7 Å². The summed E-state index contributed by atoms with van der Waals surface area (Å²) in [6.07, 6.45) is -2.72. The van der Waals surface area contributed by atoms with Gasteiger partial charge in [-0.05, 0) is 26.1 Å². The number of hydrogen-bond acceptors (Lipinski definition) is 5. The van der Waals surface area contributed by atoms with Crippen LogP contribution in [0.3, 0.4) is 0 Å². The van der Waals surface area contributed by atoms with Gasteiger partial charge in [0, 0.05) is 18.5 Å². The third-order valence-electron chi connectivity index (χ3n) is 4.03. The summed E-state index contributed by atoms with van der Waals surface area (Å²) in [6.45, 7) is 4.33. The first kappa shape index (κ1) is 16.0. The Hall–Kier alpha value is -1.86. The minimum atomic E-state index is -2.70. The van der Waals surface area contributed by atoms with Crippen molar-refractivity contribution in [2.45, 2.75) is 25.5 Å². The quantitative estimate of drug-likeness (QED) is 0.938. The number of nitrogens with zero attached hydrogens (tertiary/aromatic N) is 3. The van der Waals surface area contributed by atoms with Gasteiger partial charge in [0.15, 0.2) is 5.82 Å². The number of aromatic nitrogens is 2. The number of likely N-dealkylation sites (N-methyl/N-ethyl adjacent to an activating group) is 1. The maximum absolute atomic E-state index is 13.0. The van der Waals surface area contributed by atoms with Crippen molar-refractivity contribution in [3.8, 4) is 0 Å². The fourth-order valence-corrected chi connectivity index (χ4v) is 2.72. The average molecular weight is 322 g/mol. The van der Waals surface area contributed by atoms with Crippen LogP contribution in [0.15, 0.2) is 24.3 Å². The van der Waals surface area contributed by atoms with E-state index in [2.05, 4.69) is 20.2 Å². The lowest BCUT2D eigenvalue weighted by atomic mass is 10.1. The highest BCUT2D eigenvalue weighted by Crippen LogP contribution is 2.25. The second kappa shape index (κ2) is 6.72. The van der Waals surface area contributed by atoms with Crippen molar-refractivity contribution in [3.63, 3.8) is 0 Å². The largest absolute Gasteiger partial charge is 0.373 e. The highest BCUT2D eigenvalue weighted by molar-refractivity contribution is 5.89. The van der Waals surface area contributed by atoms with Crippen molar-refractivity contribution in [1.29, 1.82) is 0 Å². The number of fused-ring (bicyclic) bond motifs is 1. The number of rotatable bonds is 4. The Kier molecular flexibility index (Phi) is 4.68. The number of morpholine rings is 1. The minimum absolute atomic E-state index is 0.0162. The van der Waals surface area contributed by atoms with E-state index in [1.807, 2.05) is 26.1 Å². The van der Waals surface area contributed by atoms with Crippen LogP contribution in [0.2, 0.25) is 0 Å². The first-order valence-electron chi connectivity index (χ1n) is 7.66. The topological polar surface area (TPSA) is 50.3 Å². The molecule has 0 spiro atoms. The molecule has 5 nitrogen and oxygen atoms in total. The van der Waals surface area contributed by atoms with Crippen molar-refractivity contribution in [2.24, 2.45) is 0 Å². The molecule has 1 aromatic carbocycles. The summed E-state index contributed by atoms with van der Waals surface area (Å²) in [5, 5.41) is 3.96. The van der Waals surface area contributed by atoms with Crippen LogP contribution in [-0.4, -0.2) is 53.8 Å². The minimum Gasteiger partial charge on any atom is -0.373 e. The fraction of sp³-hybridized carbons (Fsp3) is 0.500. The molecule has 3 rings (SSSR count). The summed E-state index contributed by atoms with van der Waals surface area (Å²) in [5.41, 5.74) is 0.509. The second-order valence-corrected chi connectivity index (χ2v) is 5.85. The van der Waals surface area contributed by atoms with Gasteiger partial charge in [0.25, 0.3) is 6.43 Å². The predicted octanol–water partition coefficient (Wildman–Crippen LogP) is 2.70. The van der Waals surface area contributed by atoms with Crippen LogP contribution in [0.5, 0.6) is 0 Å². The molecule has 1 saturated heterocycles. The summed E-state index contributed by atoms with van der Waals surface area (Å²) < 4.78 is 31.8. The lowest BCUT2D eigenvalue weighted by molar-refractivity contribution is -0.0259. The average Bonchev–Trinajstić information content (AvgIpc) is 2.54. The van der Waals surface area contributed by atoms with E-state index in [4.69, 9.17) is 4.74 Å². The van der Waals surface area contributed by atoms with E-state index in [1.54, 1.807) is 12.1 Å². The Labute approximate surface area is 133 Å². The molecule has 1 aromatic heterocycles. The maximum atomic E-state index is 13.0. The third kappa shape index (κ3) is 3.56. The molecule has 0 amide bonds. The zero-order valence-corrected chi connectivity index (χ0v) is 13.2. The molecular formula is C16H20F2N4O. The summed E-state index contributed by atoms with van der Waals surface area (Å²) in [5.74, 6) is -0.0321. The maximum Gasteiger partial charge on any atom is 0.297 e. The van der Waals surface area contributed by atoms with Crippen molar-refractivity contribution in [1.82, 2.24) is 14.9 Å². The molecule has 2 heterocycles. The molecule has 0 saturated carbocycles. The van der Waals surface area contributed by atoms with Gasteiger partial charge in [-0.2, -0.15) is 0 Å². The SMILES string of the molecule is CC(Nc1nc(C(F)F)nc2ccccc12)C1CN(C)CCO1. The van der Waals surface area contributed by atoms with E-state index in [1.165, 1.54) is 0 Å². The molecule has 0 bridgehead atoms. The van der Waals surface area contributed by atoms with Gasteiger partial charge < -0.3 is 15.0 Å². The zero-order valence-electron chi connectivity index (χ0n) is 13.2. The number of anilines is 1. The molecule has 23 heavy (non-hydrogen) atoms. The van der Waals surface area contributed by atoms with E-state index in [0.29, 0.717) is 17.9 Å². The van der Waals surface area contributed by atoms with Crippen LogP contribution < -0.4 is 5.32 Å². The van der Waals surface area contributed by atoms with Crippen molar-refractivity contribution < 1.29 is 13.5 Å². The van der Waals surface area contributed by atoms with Crippen LogP contribution in [-0.2, 0) is 4.74 Å². The monoisotopic (exact) mass is 322 g/mol. The Balaban J connectivity index is 1.89. The van der Waals surface area contributed by atoms with E-state index in [9.17, 15) is 8.78 Å². The number of alkyl halides is 2. The molecule has 2 aromatic rings. The molecule has 2 atom stereocenters. The lowest BCUT2D eigenvalue weighted by Crippen LogP contribution is -2.47. The van der Waals surface area contributed by atoms with Crippen molar-refractivity contribution in [3.05, 3.63) is 30.1 Å². The highest BCUT2D eigenvalue weighted by Gasteiger charge is 2.25. The predicted molar refractivity (Wildman–Crippen MR) is 84.8 cm³/mol. The molecule has 0 radical (unpaired) electrons. The van der Waals surface area contributed by atoms with Crippen LogP contribution in [0.25, 0.3) is 10.9 Å². The Morgan fingerprint density at radius 3 is 2.83 bits per heavy atom.